The number of nitrogens with one attached hydrogen (secondary N) is 1. The zero-order valence-electron chi connectivity index (χ0n) is 7.63. The summed E-state index contributed by atoms with van der Waals surface area (Å²) in [5.41, 5.74) is 1.94. The van der Waals surface area contributed by atoms with Crippen molar-refractivity contribution >= 4 is 11.6 Å². The van der Waals surface area contributed by atoms with E-state index in [1.54, 1.807) is 0 Å². The third-order valence-corrected chi connectivity index (χ3v) is 2.18. The van der Waals surface area contributed by atoms with Crippen LogP contribution in [0.15, 0.2) is 18.2 Å². The molecule has 67 valence electrons. The second kappa shape index (κ2) is 3.21. The number of amides is 1. The minimum Gasteiger partial charge on any atom is -0.326 e. The predicted molar refractivity (Wildman–Crippen MR) is 51.4 cm³/mol. The van der Waals surface area contributed by atoms with E-state index in [4.69, 9.17) is 0 Å². The Kier molecular flexibility index (Phi) is 2.05. The number of hydrogen-bond acceptors (Lipinski definition) is 1. The first kappa shape index (κ1) is 8.30. The van der Waals surface area contributed by atoms with E-state index in [0.717, 1.165) is 24.1 Å². The van der Waals surface area contributed by atoms with Crippen molar-refractivity contribution in [3.8, 4) is 0 Å². The molecule has 0 unspecified atom stereocenters. The topological polar surface area (TPSA) is 29.1 Å². The number of benzene rings is 1. The molecule has 1 radical (unpaired) electrons. The fourth-order valence-electron chi connectivity index (χ4n) is 1.17. The molecule has 13 heavy (non-hydrogen) atoms. The van der Waals surface area contributed by atoms with Gasteiger partial charge in [-0.3, -0.25) is 4.79 Å². The summed E-state index contributed by atoms with van der Waals surface area (Å²) in [6, 6.07) is 8.72. The molecule has 2 rings (SSSR count). The fraction of sp³-hybridized carbons (Fsp3) is 0.364. The first-order chi connectivity index (χ1) is 6.25. The highest BCUT2D eigenvalue weighted by molar-refractivity contribution is 5.93. The molecule has 0 atom stereocenters. The van der Waals surface area contributed by atoms with Crippen molar-refractivity contribution in [1.82, 2.24) is 0 Å². The van der Waals surface area contributed by atoms with Crippen LogP contribution in [-0.2, 0) is 4.79 Å². The molecule has 2 nitrogen and oxygen atoms in total. The van der Waals surface area contributed by atoms with Gasteiger partial charge in [-0.1, -0.05) is 6.07 Å². The molecule has 1 aliphatic carbocycles. The van der Waals surface area contributed by atoms with Crippen molar-refractivity contribution in [3.63, 3.8) is 0 Å². The van der Waals surface area contributed by atoms with E-state index in [9.17, 15) is 4.79 Å². The predicted octanol–water partition coefficient (Wildman–Crippen LogP) is 2.14. The van der Waals surface area contributed by atoms with Gasteiger partial charge in [0.25, 0.3) is 0 Å². The van der Waals surface area contributed by atoms with Crippen molar-refractivity contribution < 1.29 is 4.79 Å². The third-order valence-electron chi connectivity index (χ3n) is 2.18. The maximum Gasteiger partial charge on any atom is 0.227 e. The molecule has 0 spiro atoms. The van der Waals surface area contributed by atoms with Crippen molar-refractivity contribution in [2.45, 2.75) is 19.8 Å². The van der Waals surface area contributed by atoms with E-state index in [-0.39, 0.29) is 11.8 Å². The Bertz CT molecular complexity index is 311. The van der Waals surface area contributed by atoms with E-state index < -0.39 is 0 Å². The Morgan fingerprint density at radius 2 is 2.31 bits per heavy atom. The maximum absolute atomic E-state index is 11.3. The molecule has 1 aromatic carbocycles. The lowest BCUT2D eigenvalue weighted by Crippen LogP contribution is -2.12. The zero-order valence-corrected chi connectivity index (χ0v) is 7.63. The van der Waals surface area contributed by atoms with Crippen molar-refractivity contribution in [2.24, 2.45) is 5.92 Å². The van der Waals surface area contributed by atoms with Gasteiger partial charge in [0, 0.05) is 11.6 Å². The second-order valence-electron chi connectivity index (χ2n) is 3.52. The first-order valence-electron chi connectivity index (χ1n) is 4.55. The summed E-state index contributed by atoms with van der Waals surface area (Å²) >= 11 is 0. The van der Waals surface area contributed by atoms with Crippen LogP contribution in [0.25, 0.3) is 0 Å². The largest absolute Gasteiger partial charge is 0.326 e. The summed E-state index contributed by atoms with van der Waals surface area (Å²) in [5, 5.41) is 2.86. The van der Waals surface area contributed by atoms with E-state index in [1.165, 1.54) is 0 Å². The molecule has 1 saturated carbocycles. The molecule has 0 saturated heterocycles. The lowest BCUT2D eigenvalue weighted by Gasteiger charge is -2.03. The monoisotopic (exact) mass is 174 g/mol. The highest BCUT2D eigenvalue weighted by Crippen LogP contribution is 2.30. The van der Waals surface area contributed by atoms with Gasteiger partial charge in [-0.15, -0.1) is 0 Å². The average Bonchev–Trinajstić information content (AvgIpc) is 2.91. The van der Waals surface area contributed by atoms with E-state index >= 15 is 0 Å². The quantitative estimate of drug-likeness (QED) is 0.731. The standard InChI is InChI=1S/C11H12NO/c1-8-2-6-10(7-3-8)12-11(13)9-4-5-9/h2,6-7,9H,4-5H2,1H3,(H,12,13). The Morgan fingerprint density at radius 3 is 2.85 bits per heavy atom. The van der Waals surface area contributed by atoms with E-state index in [1.807, 2.05) is 25.1 Å². The lowest BCUT2D eigenvalue weighted by atomic mass is 10.2. The summed E-state index contributed by atoms with van der Waals surface area (Å²) in [6.45, 7) is 1.98. The van der Waals surface area contributed by atoms with Gasteiger partial charge in [0.15, 0.2) is 0 Å². The van der Waals surface area contributed by atoms with Gasteiger partial charge in [-0.25, -0.2) is 0 Å². The van der Waals surface area contributed by atoms with Gasteiger partial charge in [0.2, 0.25) is 5.91 Å². The van der Waals surface area contributed by atoms with Crippen LogP contribution < -0.4 is 5.32 Å². The number of aryl methyl sites for hydroxylation is 1. The van der Waals surface area contributed by atoms with E-state index in [0.29, 0.717) is 0 Å². The number of anilines is 1. The summed E-state index contributed by atoms with van der Waals surface area (Å²) in [5.74, 6) is 0.415. The van der Waals surface area contributed by atoms with Crippen LogP contribution in [0.4, 0.5) is 5.69 Å². The highest BCUT2D eigenvalue weighted by atomic mass is 16.2. The Labute approximate surface area is 78.0 Å². The highest BCUT2D eigenvalue weighted by Gasteiger charge is 2.29. The van der Waals surface area contributed by atoms with Crippen LogP contribution in [0.5, 0.6) is 0 Å². The number of hydrogen-bond donors (Lipinski definition) is 1. The molecule has 2 heteroatoms. The van der Waals surface area contributed by atoms with Crippen molar-refractivity contribution in [3.05, 3.63) is 29.8 Å². The first-order valence-corrected chi connectivity index (χ1v) is 4.55. The zero-order chi connectivity index (χ0) is 9.26. The minimum absolute atomic E-state index is 0.150. The second-order valence-corrected chi connectivity index (χ2v) is 3.52. The molecule has 1 aliphatic rings. The Hall–Kier alpha value is -1.31. The van der Waals surface area contributed by atoms with Gasteiger partial charge in [0.1, 0.15) is 0 Å². The van der Waals surface area contributed by atoms with Gasteiger partial charge >= 0.3 is 0 Å². The SMILES string of the molecule is Cc1[c]cc(NC(=O)C2CC2)cc1. The molecular weight excluding hydrogens is 162 g/mol. The van der Waals surface area contributed by atoms with Crippen LogP contribution in [-0.4, -0.2) is 5.91 Å². The fourth-order valence-corrected chi connectivity index (χ4v) is 1.17. The average molecular weight is 174 g/mol. The van der Waals surface area contributed by atoms with Gasteiger partial charge < -0.3 is 5.32 Å². The van der Waals surface area contributed by atoms with Crippen molar-refractivity contribution in [2.75, 3.05) is 5.32 Å². The minimum atomic E-state index is 0.150. The maximum atomic E-state index is 11.3. The molecule has 0 heterocycles. The summed E-state index contributed by atoms with van der Waals surface area (Å²) in [6.07, 6.45) is 2.09. The smallest absolute Gasteiger partial charge is 0.227 e. The van der Waals surface area contributed by atoms with Crippen molar-refractivity contribution in [1.29, 1.82) is 0 Å². The summed E-state index contributed by atoms with van der Waals surface area (Å²) in [4.78, 5) is 11.3. The van der Waals surface area contributed by atoms with Crippen LogP contribution in [0.3, 0.4) is 0 Å². The molecule has 1 fully saturated rings. The Balaban J connectivity index is 2.00. The number of carbonyl (C=O) groups is 1. The van der Waals surface area contributed by atoms with E-state index in [2.05, 4.69) is 11.4 Å². The van der Waals surface area contributed by atoms with Gasteiger partial charge in [-0.2, -0.15) is 0 Å². The van der Waals surface area contributed by atoms with Gasteiger partial charge in [0.05, 0.1) is 0 Å². The van der Waals surface area contributed by atoms with Crippen LogP contribution in [0, 0.1) is 18.9 Å². The molecule has 1 amide bonds. The molecule has 1 N–H and O–H groups in total. The summed E-state index contributed by atoms with van der Waals surface area (Å²) in [7, 11) is 0. The molecule has 0 bridgehead atoms. The van der Waals surface area contributed by atoms with Gasteiger partial charge in [-0.05, 0) is 43.5 Å². The third kappa shape index (κ3) is 2.08. The van der Waals surface area contributed by atoms with Crippen LogP contribution >= 0.6 is 0 Å². The number of rotatable bonds is 2. The number of carbonyl (C=O) groups excluding carboxylic acids is 1. The molecule has 1 aromatic rings. The molecule has 0 aromatic heterocycles. The molecule has 0 aliphatic heterocycles. The van der Waals surface area contributed by atoms with Crippen LogP contribution in [0.1, 0.15) is 18.4 Å². The normalized spacial score (nSPS) is 15.5. The lowest BCUT2D eigenvalue weighted by molar-refractivity contribution is -0.117. The van der Waals surface area contributed by atoms with Crippen LogP contribution in [0.2, 0.25) is 0 Å². The Morgan fingerprint density at radius 1 is 1.54 bits per heavy atom. The summed E-state index contributed by atoms with van der Waals surface area (Å²) < 4.78 is 0. The molecular formula is C11H12NO.